The first-order chi connectivity index (χ1) is 13.6. The molecule has 2 aliphatic rings. The number of para-hydroxylation sites is 2. The van der Waals surface area contributed by atoms with Crippen molar-refractivity contribution >= 4 is 23.2 Å². The summed E-state index contributed by atoms with van der Waals surface area (Å²) < 4.78 is 5.85. The van der Waals surface area contributed by atoms with Crippen molar-refractivity contribution in [3.63, 3.8) is 0 Å². The number of hydrogen-bond acceptors (Lipinski definition) is 5. The Balaban J connectivity index is 1.56. The van der Waals surface area contributed by atoms with Gasteiger partial charge in [-0.05, 0) is 36.6 Å². The minimum Gasteiger partial charge on any atom is -0.448 e. The molecule has 6 nitrogen and oxygen atoms in total. The number of rotatable bonds is 4. The van der Waals surface area contributed by atoms with Crippen LogP contribution in [0.3, 0.4) is 0 Å². The molecular weight excluding hydrogens is 378 g/mol. The predicted molar refractivity (Wildman–Crippen MR) is 107 cm³/mol. The molecule has 0 unspecified atom stereocenters. The Morgan fingerprint density at radius 3 is 2.86 bits per heavy atom. The Morgan fingerprint density at radius 2 is 2.07 bits per heavy atom. The minimum atomic E-state index is -0.509. The zero-order valence-electron chi connectivity index (χ0n) is 15.3. The smallest absolute Gasteiger partial charge is 0.288 e. The van der Waals surface area contributed by atoms with Crippen LogP contribution in [-0.4, -0.2) is 28.1 Å². The van der Waals surface area contributed by atoms with Crippen LogP contribution in [0.4, 0.5) is 5.69 Å². The monoisotopic (exact) mass is 399 g/mol. The highest BCUT2D eigenvalue weighted by Crippen LogP contribution is 2.35. The van der Waals surface area contributed by atoms with Crippen molar-refractivity contribution in [1.82, 2.24) is 10.3 Å². The molecule has 1 aromatic heterocycles. The number of aliphatic hydroxyl groups is 1. The molecule has 2 N–H and O–H groups in total. The molecule has 2 heterocycles. The molecule has 0 spiro atoms. The quantitative estimate of drug-likeness (QED) is 0.771. The third-order valence-electron chi connectivity index (χ3n) is 5.08. The molecule has 1 aliphatic heterocycles. The number of anilines is 1. The number of aromatic nitrogens is 1. The van der Waals surface area contributed by atoms with E-state index in [1.54, 1.807) is 18.5 Å². The van der Waals surface area contributed by atoms with E-state index in [0.717, 1.165) is 30.5 Å². The first-order valence-corrected chi connectivity index (χ1v) is 9.82. The molecule has 1 fully saturated rings. The lowest BCUT2D eigenvalue weighted by Crippen LogP contribution is -2.46. The molecule has 7 heteroatoms. The van der Waals surface area contributed by atoms with Gasteiger partial charge in [0.05, 0.1) is 24.0 Å². The van der Waals surface area contributed by atoms with Crippen LogP contribution in [0.25, 0.3) is 0 Å². The van der Waals surface area contributed by atoms with E-state index in [9.17, 15) is 9.90 Å². The van der Waals surface area contributed by atoms with Crippen molar-refractivity contribution in [3.8, 4) is 5.75 Å². The molecule has 2 aromatic rings. The first-order valence-electron chi connectivity index (χ1n) is 9.45. The number of fused-ring (bicyclic) bond motifs is 1. The summed E-state index contributed by atoms with van der Waals surface area (Å²) in [5.41, 5.74) is 1.83. The third-order valence-corrected chi connectivity index (χ3v) is 5.30. The van der Waals surface area contributed by atoms with Gasteiger partial charge in [-0.15, -0.1) is 0 Å². The Bertz CT molecular complexity index is 885. The molecule has 0 radical (unpaired) electrons. The second kappa shape index (κ2) is 8.20. The second-order valence-corrected chi connectivity index (χ2v) is 7.50. The number of ether oxygens (including phenoxy) is 1. The summed E-state index contributed by atoms with van der Waals surface area (Å²) in [6.07, 6.45) is 6.38. The molecule has 28 heavy (non-hydrogen) atoms. The number of carbonyl (C=O) groups is 1. The normalized spacial score (nSPS) is 21.4. The van der Waals surface area contributed by atoms with E-state index in [1.165, 1.54) is 0 Å². The van der Waals surface area contributed by atoms with Gasteiger partial charge in [-0.2, -0.15) is 0 Å². The molecule has 1 aromatic carbocycles. The molecule has 1 amide bonds. The first kappa shape index (κ1) is 18.8. The third kappa shape index (κ3) is 4.13. The van der Waals surface area contributed by atoms with E-state index < -0.39 is 6.10 Å². The highest BCUT2D eigenvalue weighted by molar-refractivity contribution is 6.29. The number of hydrogen-bond donors (Lipinski definition) is 2. The molecule has 4 rings (SSSR count). The molecule has 0 saturated heterocycles. The van der Waals surface area contributed by atoms with Gasteiger partial charge in [-0.25, -0.2) is 4.98 Å². The summed E-state index contributed by atoms with van der Waals surface area (Å²) in [5, 5.41) is 13.5. The van der Waals surface area contributed by atoms with Crippen LogP contribution < -0.4 is 15.0 Å². The van der Waals surface area contributed by atoms with Crippen LogP contribution in [0.15, 0.2) is 54.6 Å². The maximum Gasteiger partial charge on any atom is 0.288 e. The number of aliphatic hydroxyl groups excluding tert-OH is 1. The maximum atomic E-state index is 12.8. The molecular formula is C21H22ClN3O3. The van der Waals surface area contributed by atoms with Gasteiger partial charge in [0, 0.05) is 12.7 Å². The number of nitrogens with zero attached hydrogens (tertiary/aromatic N) is 2. The van der Waals surface area contributed by atoms with Gasteiger partial charge in [0.1, 0.15) is 5.15 Å². The van der Waals surface area contributed by atoms with Crippen molar-refractivity contribution in [1.29, 1.82) is 0 Å². The Labute approximate surface area is 168 Å². The Kier molecular flexibility index (Phi) is 5.50. The van der Waals surface area contributed by atoms with Crippen LogP contribution in [0.1, 0.15) is 31.2 Å². The maximum absolute atomic E-state index is 12.8. The number of amides is 1. The fourth-order valence-electron chi connectivity index (χ4n) is 3.59. The van der Waals surface area contributed by atoms with Crippen LogP contribution in [-0.2, 0) is 11.3 Å². The number of benzene rings is 1. The summed E-state index contributed by atoms with van der Waals surface area (Å²) in [5.74, 6) is 0.499. The molecule has 146 valence electrons. The van der Waals surface area contributed by atoms with Gasteiger partial charge in [-0.3, -0.25) is 4.79 Å². The van der Waals surface area contributed by atoms with E-state index in [0.29, 0.717) is 23.9 Å². The van der Waals surface area contributed by atoms with Gasteiger partial charge in [0.2, 0.25) is 5.76 Å². The molecule has 1 aliphatic carbocycles. The van der Waals surface area contributed by atoms with E-state index in [2.05, 4.69) is 10.3 Å². The number of carbonyl (C=O) groups excluding carboxylic acids is 1. The number of nitrogens with one attached hydrogen (secondary N) is 1. The van der Waals surface area contributed by atoms with E-state index >= 15 is 0 Å². The van der Waals surface area contributed by atoms with E-state index in [-0.39, 0.29) is 17.7 Å². The van der Waals surface area contributed by atoms with Gasteiger partial charge >= 0.3 is 0 Å². The van der Waals surface area contributed by atoms with Crippen LogP contribution in [0.2, 0.25) is 5.15 Å². The van der Waals surface area contributed by atoms with Crippen molar-refractivity contribution in [3.05, 3.63) is 65.3 Å². The largest absolute Gasteiger partial charge is 0.448 e. The molecule has 0 bridgehead atoms. The van der Waals surface area contributed by atoms with Crippen molar-refractivity contribution in [2.45, 2.75) is 44.4 Å². The lowest BCUT2D eigenvalue weighted by Gasteiger charge is -2.31. The number of halogens is 1. The molecule has 1 saturated carbocycles. The summed E-state index contributed by atoms with van der Waals surface area (Å²) in [6, 6.07) is 11.0. The molecule has 2 atom stereocenters. The van der Waals surface area contributed by atoms with Crippen molar-refractivity contribution in [2.75, 3.05) is 4.90 Å². The van der Waals surface area contributed by atoms with Crippen molar-refractivity contribution < 1.29 is 14.6 Å². The van der Waals surface area contributed by atoms with Gasteiger partial charge < -0.3 is 20.1 Å². The standard InChI is InChI=1S/C21H22ClN3O3/c22-20-10-9-14(11-23-20)12-25-13-19(28-18-8-4-2-6-16(18)25)21(27)24-15-5-1-3-7-17(15)26/h2,4,6,8-11,13,15,17,26H,1,3,5,7,12H2,(H,24,27)/t15-,17-/m0/s1. The van der Waals surface area contributed by atoms with Gasteiger partial charge in [-0.1, -0.05) is 42.6 Å². The summed E-state index contributed by atoms with van der Waals surface area (Å²) >= 11 is 5.87. The van der Waals surface area contributed by atoms with Gasteiger partial charge in [0.15, 0.2) is 5.75 Å². The summed E-state index contributed by atoms with van der Waals surface area (Å²) in [4.78, 5) is 18.9. The average Bonchev–Trinajstić information content (AvgIpc) is 2.71. The summed E-state index contributed by atoms with van der Waals surface area (Å²) in [6.45, 7) is 0.521. The average molecular weight is 400 g/mol. The minimum absolute atomic E-state index is 0.207. The summed E-state index contributed by atoms with van der Waals surface area (Å²) in [7, 11) is 0. The highest BCUT2D eigenvalue weighted by atomic mass is 35.5. The van der Waals surface area contributed by atoms with E-state index in [4.69, 9.17) is 16.3 Å². The SMILES string of the molecule is O=C(N[C@H]1CCCC[C@@H]1O)C1=CN(Cc2ccc(Cl)nc2)c2ccccc2O1. The predicted octanol–water partition coefficient (Wildman–Crippen LogP) is 3.40. The second-order valence-electron chi connectivity index (χ2n) is 7.11. The number of pyridine rings is 1. The fraction of sp³-hybridized carbons (Fsp3) is 0.333. The topological polar surface area (TPSA) is 74.7 Å². The Morgan fingerprint density at radius 1 is 1.25 bits per heavy atom. The Hall–Kier alpha value is -2.57. The van der Waals surface area contributed by atoms with Crippen LogP contribution >= 0.6 is 11.6 Å². The lowest BCUT2D eigenvalue weighted by molar-refractivity contribution is -0.121. The van der Waals surface area contributed by atoms with Crippen LogP contribution in [0.5, 0.6) is 5.75 Å². The zero-order chi connectivity index (χ0) is 19.5. The van der Waals surface area contributed by atoms with Crippen LogP contribution in [0, 0.1) is 0 Å². The van der Waals surface area contributed by atoms with E-state index in [1.807, 2.05) is 35.2 Å². The lowest BCUT2D eigenvalue weighted by atomic mass is 9.92. The fourth-order valence-corrected chi connectivity index (χ4v) is 3.70. The highest BCUT2D eigenvalue weighted by Gasteiger charge is 2.29. The zero-order valence-corrected chi connectivity index (χ0v) is 16.1. The van der Waals surface area contributed by atoms with Crippen molar-refractivity contribution in [2.24, 2.45) is 0 Å². The van der Waals surface area contributed by atoms with Gasteiger partial charge in [0.25, 0.3) is 5.91 Å².